The summed E-state index contributed by atoms with van der Waals surface area (Å²) in [5, 5.41) is 0. The first-order chi connectivity index (χ1) is 7.99. The first-order valence-electron chi connectivity index (χ1n) is 6.37. The van der Waals surface area contributed by atoms with Gasteiger partial charge in [0.05, 0.1) is 5.69 Å². The Morgan fingerprint density at radius 1 is 1.35 bits per heavy atom. The van der Waals surface area contributed by atoms with Crippen molar-refractivity contribution in [2.24, 2.45) is 5.73 Å². The molecule has 0 unspecified atom stereocenters. The molecule has 0 radical (unpaired) electrons. The van der Waals surface area contributed by atoms with Crippen LogP contribution in [0.15, 0.2) is 18.2 Å². The van der Waals surface area contributed by atoms with Crippen molar-refractivity contribution >= 4 is 0 Å². The first-order valence-corrected chi connectivity index (χ1v) is 6.37. The van der Waals surface area contributed by atoms with Crippen LogP contribution >= 0.6 is 0 Å². The first kappa shape index (κ1) is 14.1. The maximum Gasteiger partial charge on any atom is 0.0547 e. The molecule has 0 fully saturated rings. The topological polar surface area (TPSA) is 42.2 Å². The van der Waals surface area contributed by atoms with E-state index in [9.17, 15) is 0 Å². The highest BCUT2D eigenvalue weighted by atomic mass is 15.2. The molecule has 17 heavy (non-hydrogen) atoms. The Morgan fingerprint density at radius 3 is 2.59 bits per heavy atom. The molecule has 0 amide bonds. The average molecular weight is 235 g/mol. The van der Waals surface area contributed by atoms with Crippen molar-refractivity contribution < 1.29 is 0 Å². The molecule has 96 valence electrons. The number of rotatable bonds is 6. The minimum Gasteiger partial charge on any atom is -0.329 e. The molecular formula is C14H25N3. The molecule has 0 aliphatic carbocycles. The van der Waals surface area contributed by atoms with Gasteiger partial charge in [0, 0.05) is 24.3 Å². The second-order valence-corrected chi connectivity index (χ2v) is 5.21. The number of hydrogen-bond acceptors (Lipinski definition) is 3. The summed E-state index contributed by atoms with van der Waals surface area (Å²) in [6.07, 6.45) is 1.13. The van der Waals surface area contributed by atoms with Crippen LogP contribution in [-0.2, 0) is 6.54 Å². The summed E-state index contributed by atoms with van der Waals surface area (Å²) < 4.78 is 0. The van der Waals surface area contributed by atoms with Crippen molar-refractivity contribution in [3.05, 3.63) is 29.6 Å². The van der Waals surface area contributed by atoms with Crippen molar-refractivity contribution in [3.8, 4) is 0 Å². The zero-order valence-electron chi connectivity index (χ0n) is 11.5. The van der Waals surface area contributed by atoms with Gasteiger partial charge >= 0.3 is 0 Å². The molecule has 2 N–H and O–H groups in total. The number of aryl methyl sites for hydroxylation is 1. The quantitative estimate of drug-likeness (QED) is 0.823. The Bertz CT molecular complexity index is 347. The van der Waals surface area contributed by atoms with Crippen LogP contribution < -0.4 is 5.73 Å². The molecule has 0 saturated carbocycles. The van der Waals surface area contributed by atoms with E-state index in [0.717, 1.165) is 30.9 Å². The van der Waals surface area contributed by atoms with Crippen LogP contribution in [0.3, 0.4) is 0 Å². The fraction of sp³-hybridized carbons (Fsp3) is 0.643. The van der Waals surface area contributed by atoms with Crippen molar-refractivity contribution in [1.82, 2.24) is 9.88 Å². The molecule has 0 atom stereocenters. The third kappa shape index (κ3) is 4.10. The summed E-state index contributed by atoms with van der Waals surface area (Å²) in [5.41, 5.74) is 8.09. The van der Waals surface area contributed by atoms with Crippen LogP contribution in [0.2, 0.25) is 0 Å². The average Bonchev–Trinajstić information content (AvgIpc) is 2.28. The molecule has 0 bridgehead atoms. The normalized spacial score (nSPS) is 12.1. The molecule has 0 aliphatic rings. The van der Waals surface area contributed by atoms with E-state index in [4.69, 9.17) is 5.73 Å². The van der Waals surface area contributed by atoms with E-state index in [2.05, 4.69) is 42.8 Å². The van der Waals surface area contributed by atoms with Crippen LogP contribution in [0.25, 0.3) is 0 Å². The Hall–Kier alpha value is -0.930. The van der Waals surface area contributed by atoms with Gasteiger partial charge in [-0.1, -0.05) is 13.0 Å². The minimum absolute atomic E-state index is 0.0292. The second kappa shape index (κ2) is 6.12. The van der Waals surface area contributed by atoms with Crippen molar-refractivity contribution in [1.29, 1.82) is 0 Å². The number of pyridine rings is 1. The summed E-state index contributed by atoms with van der Waals surface area (Å²) >= 11 is 0. The SMILES string of the molecule is CCCN(Cc1cccc(C)n1)C(C)(C)CN. The molecule has 1 aromatic rings. The third-order valence-electron chi connectivity index (χ3n) is 3.15. The summed E-state index contributed by atoms with van der Waals surface area (Å²) in [5.74, 6) is 0. The standard InChI is InChI=1S/C14H25N3/c1-5-9-17(14(3,4)11-15)10-13-8-6-7-12(2)16-13/h6-8H,5,9-11,15H2,1-4H3. The lowest BCUT2D eigenvalue weighted by atomic mass is 10.0. The molecule has 3 heteroatoms. The minimum atomic E-state index is 0.0292. The van der Waals surface area contributed by atoms with Gasteiger partial charge in [-0.2, -0.15) is 0 Å². The Balaban J connectivity index is 2.80. The largest absolute Gasteiger partial charge is 0.329 e. The van der Waals surface area contributed by atoms with Crippen LogP contribution in [0.5, 0.6) is 0 Å². The van der Waals surface area contributed by atoms with E-state index in [-0.39, 0.29) is 5.54 Å². The van der Waals surface area contributed by atoms with E-state index in [1.54, 1.807) is 0 Å². The van der Waals surface area contributed by atoms with E-state index < -0.39 is 0 Å². The third-order valence-corrected chi connectivity index (χ3v) is 3.15. The highest BCUT2D eigenvalue weighted by Crippen LogP contribution is 2.16. The smallest absolute Gasteiger partial charge is 0.0547 e. The van der Waals surface area contributed by atoms with Crippen LogP contribution in [-0.4, -0.2) is 28.5 Å². The lowest BCUT2D eigenvalue weighted by Gasteiger charge is -2.37. The zero-order valence-corrected chi connectivity index (χ0v) is 11.5. The fourth-order valence-electron chi connectivity index (χ4n) is 1.88. The Labute approximate surface area is 105 Å². The maximum atomic E-state index is 5.86. The number of aromatic nitrogens is 1. The van der Waals surface area contributed by atoms with Gasteiger partial charge in [0.15, 0.2) is 0 Å². The van der Waals surface area contributed by atoms with Gasteiger partial charge in [0.25, 0.3) is 0 Å². The van der Waals surface area contributed by atoms with Crippen LogP contribution in [0, 0.1) is 6.92 Å². The number of hydrogen-bond donors (Lipinski definition) is 1. The number of nitrogens with two attached hydrogens (primary N) is 1. The monoisotopic (exact) mass is 235 g/mol. The molecule has 3 nitrogen and oxygen atoms in total. The fourth-order valence-corrected chi connectivity index (χ4v) is 1.88. The summed E-state index contributed by atoms with van der Waals surface area (Å²) in [7, 11) is 0. The van der Waals surface area contributed by atoms with Gasteiger partial charge < -0.3 is 5.73 Å². The molecule has 0 aromatic carbocycles. The number of nitrogens with zero attached hydrogens (tertiary/aromatic N) is 2. The zero-order chi connectivity index (χ0) is 12.9. The van der Waals surface area contributed by atoms with Crippen molar-refractivity contribution in [3.63, 3.8) is 0 Å². The predicted octanol–water partition coefficient (Wildman–Crippen LogP) is 2.34. The molecule has 0 spiro atoms. The lowest BCUT2D eigenvalue weighted by Crippen LogP contribution is -2.49. The van der Waals surface area contributed by atoms with E-state index >= 15 is 0 Å². The van der Waals surface area contributed by atoms with E-state index in [0.29, 0.717) is 6.54 Å². The van der Waals surface area contributed by atoms with Gasteiger partial charge in [-0.3, -0.25) is 9.88 Å². The Kier molecular flexibility index (Phi) is 5.09. The van der Waals surface area contributed by atoms with Crippen LogP contribution in [0.1, 0.15) is 38.6 Å². The van der Waals surface area contributed by atoms with Gasteiger partial charge in [0.2, 0.25) is 0 Å². The summed E-state index contributed by atoms with van der Waals surface area (Å²) in [6.45, 7) is 11.2. The Morgan fingerprint density at radius 2 is 2.06 bits per heavy atom. The molecule has 0 aliphatic heterocycles. The van der Waals surface area contributed by atoms with E-state index in [1.165, 1.54) is 0 Å². The van der Waals surface area contributed by atoms with Gasteiger partial charge in [-0.15, -0.1) is 0 Å². The molecule has 0 saturated heterocycles. The highest BCUT2D eigenvalue weighted by Gasteiger charge is 2.24. The molecule has 1 aromatic heterocycles. The van der Waals surface area contributed by atoms with Crippen molar-refractivity contribution in [2.75, 3.05) is 13.1 Å². The van der Waals surface area contributed by atoms with E-state index in [1.807, 2.05) is 13.0 Å². The predicted molar refractivity (Wildman–Crippen MR) is 72.8 cm³/mol. The maximum absolute atomic E-state index is 5.86. The summed E-state index contributed by atoms with van der Waals surface area (Å²) in [6, 6.07) is 6.18. The molecular weight excluding hydrogens is 210 g/mol. The highest BCUT2D eigenvalue weighted by molar-refractivity contribution is 5.10. The molecule has 1 rings (SSSR count). The van der Waals surface area contributed by atoms with Crippen LogP contribution in [0.4, 0.5) is 0 Å². The van der Waals surface area contributed by atoms with Crippen molar-refractivity contribution in [2.45, 2.75) is 46.2 Å². The molecule has 1 heterocycles. The lowest BCUT2D eigenvalue weighted by molar-refractivity contribution is 0.116. The van der Waals surface area contributed by atoms with Gasteiger partial charge in [0.1, 0.15) is 0 Å². The second-order valence-electron chi connectivity index (χ2n) is 5.21. The van der Waals surface area contributed by atoms with Gasteiger partial charge in [-0.05, 0) is 45.9 Å². The summed E-state index contributed by atoms with van der Waals surface area (Å²) in [4.78, 5) is 6.97. The van der Waals surface area contributed by atoms with Gasteiger partial charge in [-0.25, -0.2) is 0 Å².